The van der Waals surface area contributed by atoms with Crippen LogP contribution in [0, 0.1) is 0 Å². The van der Waals surface area contributed by atoms with Crippen LogP contribution in [-0.4, -0.2) is 49.6 Å². The zero-order valence-electron chi connectivity index (χ0n) is 16.4. The van der Waals surface area contributed by atoms with Crippen LogP contribution in [0.25, 0.3) is 0 Å². The second-order valence-electron chi connectivity index (χ2n) is 7.04. The smallest absolute Gasteiger partial charge is 0.243 e. The average molecular weight is 416 g/mol. The van der Waals surface area contributed by atoms with Crippen LogP contribution in [0.1, 0.15) is 24.0 Å². The fourth-order valence-corrected chi connectivity index (χ4v) is 4.42. The van der Waals surface area contributed by atoms with Crippen LogP contribution in [-0.2, 0) is 32.7 Å². The van der Waals surface area contributed by atoms with Crippen LogP contribution in [0.2, 0.25) is 0 Å². The highest BCUT2D eigenvalue weighted by Gasteiger charge is 2.23. The van der Waals surface area contributed by atoms with E-state index >= 15 is 0 Å². The summed E-state index contributed by atoms with van der Waals surface area (Å²) in [5.41, 5.74) is 1.89. The number of hydrogen-bond donors (Lipinski definition) is 1. The summed E-state index contributed by atoms with van der Waals surface area (Å²) in [5.74, 6) is -0.240. The monoisotopic (exact) mass is 415 g/mol. The molecule has 0 radical (unpaired) electrons. The second-order valence-corrected chi connectivity index (χ2v) is 9.08. The molecule has 154 valence electrons. The molecule has 2 amide bonds. The van der Waals surface area contributed by atoms with Gasteiger partial charge >= 0.3 is 0 Å². The van der Waals surface area contributed by atoms with Gasteiger partial charge in [0.25, 0.3) is 0 Å². The molecule has 1 saturated heterocycles. The predicted molar refractivity (Wildman–Crippen MR) is 109 cm³/mol. The highest BCUT2D eigenvalue weighted by molar-refractivity contribution is 7.89. The number of hydrogen-bond acceptors (Lipinski definition) is 4. The van der Waals surface area contributed by atoms with Crippen molar-refractivity contribution in [3.63, 3.8) is 0 Å². The molecule has 0 bridgehead atoms. The molecule has 1 aliphatic heterocycles. The number of likely N-dealkylation sites (N-methyl/N-ethyl adjacent to an activating group) is 1. The number of carbonyl (C=O) groups is 2. The van der Waals surface area contributed by atoms with E-state index in [1.807, 2.05) is 29.2 Å². The lowest BCUT2D eigenvalue weighted by Gasteiger charge is -2.19. The molecule has 0 aliphatic carbocycles. The highest BCUT2D eigenvalue weighted by atomic mass is 32.2. The van der Waals surface area contributed by atoms with Gasteiger partial charge in [0.05, 0.1) is 11.4 Å². The summed E-state index contributed by atoms with van der Waals surface area (Å²) in [6, 6.07) is 15.6. The Hall–Kier alpha value is -2.71. The maximum absolute atomic E-state index is 12.5. The van der Waals surface area contributed by atoms with Gasteiger partial charge in [-0.1, -0.05) is 42.5 Å². The third kappa shape index (κ3) is 5.21. The fourth-order valence-electron chi connectivity index (χ4n) is 3.27. The molecule has 2 aromatic rings. The molecule has 0 aromatic heterocycles. The Morgan fingerprint density at radius 2 is 1.72 bits per heavy atom. The van der Waals surface area contributed by atoms with Gasteiger partial charge in [-0.2, -0.15) is 4.31 Å². The van der Waals surface area contributed by atoms with Crippen molar-refractivity contribution < 1.29 is 18.0 Å². The summed E-state index contributed by atoms with van der Waals surface area (Å²) in [4.78, 5) is 26.2. The largest absolute Gasteiger partial charge is 0.351 e. The van der Waals surface area contributed by atoms with Gasteiger partial charge in [0.1, 0.15) is 0 Å². The summed E-state index contributed by atoms with van der Waals surface area (Å²) >= 11 is 0. The first-order valence-corrected chi connectivity index (χ1v) is 10.9. The maximum Gasteiger partial charge on any atom is 0.243 e. The number of benzene rings is 2. The van der Waals surface area contributed by atoms with Crippen molar-refractivity contribution in [2.45, 2.75) is 30.8 Å². The van der Waals surface area contributed by atoms with Crippen LogP contribution in [0.4, 0.5) is 0 Å². The Kier molecular flexibility index (Phi) is 6.66. The number of carbonyl (C=O) groups excluding carboxylic acids is 2. The lowest BCUT2D eigenvalue weighted by molar-refractivity contribution is -0.128. The van der Waals surface area contributed by atoms with Crippen molar-refractivity contribution >= 4 is 21.8 Å². The summed E-state index contributed by atoms with van der Waals surface area (Å²) in [6.07, 6.45) is 1.46. The molecule has 0 saturated carbocycles. The van der Waals surface area contributed by atoms with Crippen molar-refractivity contribution in [1.29, 1.82) is 0 Å². The molecule has 3 rings (SSSR count). The topological polar surface area (TPSA) is 86.8 Å². The van der Waals surface area contributed by atoms with Gasteiger partial charge in [-0.25, -0.2) is 8.42 Å². The first-order chi connectivity index (χ1) is 13.9. The minimum atomic E-state index is -3.72. The van der Waals surface area contributed by atoms with Crippen molar-refractivity contribution in [2.24, 2.45) is 0 Å². The maximum atomic E-state index is 12.5. The molecule has 0 unspecified atom stereocenters. The lowest BCUT2D eigenvalue weighted by atomic mass is 10.1. The molecule has 0 atom stereocenters. The first-order valence-electron chi connectivity index (χ1n) is 9.50. The van der Waals surface area contributed by atoms with Gasteiger partial charge in [0, 0.05) is 33.1 Å². The van der Waals surface area contributed by atoms with E-state index in [-0.39, 0.29) is 29.8 Å². The van der Waals surface area contributed by atoms with E-state index in [1.165, 1.54) is 19.2 Å². The predicted octanol–water partition coefficient (Wildman–Crippen LogP) is 1.75. The second kappa shape index (κ2) is 9.19. The quantitative estimate of drug-likeness (QED) is 0.712. The van der Waals surface area contributed by atoms with Crippen LogP contribution in [0.3, 0.4) is 0 Å². The van der Waals surface area contributed by atoms with Crippen molar-refractivity contribution in [3.05, 3.63) is 65.7 Å². The van der Waals surface area contributed by atoms with Crippen molar-refractivity contribution in [3.8, 4) is 0 Å². The normalized spacial score (nSPS) is 14.4. The number of rotatable bonds is 8. The summed E-state index contributed by atoms with van der Waals surface area (Å²) in [7, 11) is -2.33. The number of likely N-dealkylation sites (tertiary alicyclic amines) is 1. The van der Waals surface area contributed by atoms with Crippen LogP contribution >= 0.6 is 0 Å². The number of amides is 2. The summed E-state index contributed by atoms with van der Waals surface area (Å²) < 4.78 is 26.1. The van der Waals surface area contributed by atoms with Crippen LogP contribution < -0.4 is 5.32 Å². The Morgan fingerprint density at radius 1 is 1.07 bits per heavy atom. The Labute approximate surface area is 171 Å². The SMILES string of the molecule is CN(CC(=O)NCc1ccccc1CN1CCCC1=O)S(=O)(=O)c1ccccc1. The highest BCUT2D eigenvalue weighted by Crippen LogP contribution is 2.17. The Balaban J connectivity index is 1.59. The molecule has 1 fully saturated rings. The van der Waals surface area contributed by atoms with E-state index < -0.39 is 10.0 Å². The van der Waals surface area contributed by atoms with Crippen LogP contribution in [0.15, 0.2) is 59.5 Å². The molecular weight excluding hydrogens is 390 g/mol. The van der Waals surface area contributed by atoms with E-state index in [1.54, 1.807) is 18.2 Å². The van der Waals surface area contributed by atoms with Crippen LogP contribution in [0.5, 0.6) is 0 Å². The van der Waals surface area contributed by atoms with Gasteiger partial charge in [-0.3, -0.25) is 9.59 Å². The van der Waals surface area contributed by atoms with Gasteiger partial charge in [-0.15, -0.1) is 0 Å². The zero-order valence-corrected chi connectivity index (χ0v) is 17.2. The standard InChI is InChI=1S/C21H25N3O4S/c1-23(29(27,28)19-10-3-2-4-11-19)16-20(25)22-14-17-8-5-6-9-18(17)15-24-13-7-12-21(24)26/h2-6,8-11H,7,12-16H2,1H3,(H,22,25). The minimum absolute atomic E-state index is 0.149. The first kappa shape index (κ1) is 21.0. The molecule has 1 heterocycles. The van der Waals surface area contributed by atoms with Gasteiger partial charge in [0.2, 0.25) is 21.8 Å². The van der Waals surface area contributed by atoms with Crippen molar-refractivity contribution in [2.75, 3.05) is 20.1 Å². The molecule has 7 nitrogen and oxygen atoms in total. The molecule has 2 aromatic carbocycles. The van der Waals surface area contributed by atoms with Crippen molar-refractivity contribution in [1.82, 2.24) is 14.5 Å². The zero-order chi connectivity index (χ0) is 20.9. The van der Waals surface area contributed by atoms with Gasteiger partial charge in [-0.05, 0) is 29.7 Å². The molecule has 0 spiro atoms. The number of nitrogens with one attached hydrogen (secondary N) is 1. The third-order valence-electron chi connectivity index (χ3n) is 4.94. The Morgan fingerprint density at radius 3 is 2.38 bits per heavy atom. The molecule has 1 N–H and O–H groups in total. The van der Waals surface area contributed by atoms with E-state index in [0.29, 0.717) is 13.0 Å². The Bertz CT molecular complexity index is 976. The lowest BCUT2D eigenvalue weighted by Crippen LogP contribution is -2.38. The average Bonchev–Trinajstić information content (AvgIpc) is 3.12. The van der Waals surface area contributed by atoms with Gasteiger partial charge in [0.15, 0.2) is 0 Å². The van der Waals surface area contributed by atoms with E-state index in [9.17, 15) is 18.0 Å². The summed E-state index contributed by atoms with van der Waals surface area (Å²) in [6.45, 7) is 1.27. The van der Waals surface area contributed by atoms with E-state index in [4.69, 9.17) is 0 Å². The molecular formula is C21H25N3O4S. The molecule has 1 aliphatic rings. The third-order valence-corrected chi connectivity index (χ3v) is 6.76. The van der Waals surface area contributed by atoms with E-state index in [0.717, 1.165) is 28.4 Å². The van der Waals surface area contributed by atoms with E-state index in [2.05, 4.69) is 5.32 Å². The molecule has 8 heteroatoms. The fraction of sp³-hybridized carbons (Fsp3) is 0.333. The summed E-state index contributed by atoms with van der Waals surface area (Å²) in [5, 5.41) is 2.78. The van der Waals surface area contributed by atoms with Gasteiger partial charge < -0.3 is 10.2 Å². The minimum Gasteiger partial charge on any atom is -0.351 e. The number of sulfonamides is 1. The number of nitrogens with zero attached hydrogens (tertiary/aromatic N) is 2. The molecule has 29 heavy (non-hydrogen) atoms.